The molecule has 0 saturated carbocycles. The van der Waals surface area contributed by atoms with E-state index in [0.717, 1.165) is 5.69 Å². The molecule has 0 aliphatic heterocycles. The van der Waals surface area contributed by atoms with Gasteiger partial charge in [0.25, 0.3) is 0 Å². The predicted molar refractivity (Wildman–Crippen MR) is 47.7 cm³/mol. The molecule has 0 fully saturated rings. The molecule has 2 aromatic rings. The molecule has 0 atom stereocenters. The van der Waals surface area contributed by atoms with Gasteiger partial charge in [0, 0.05) is 12.0 Å². The Bertz CT molecular complexity index is 429. The first-order valence-corrected chi connectivity index (χ1v) is 4.05. The van der Waals surface area contributed by atoms with E-state index in [2.05, 4.69) is 21.1 Å². The van der Waals surface area contributed by atoms with Crippen LogP contribution in [-0.2, 0) is 18.6 Å². The van der Waals surface area contributed by atoms with E-state index in [9.17, 15) is 0 Å². The van der Waals surface area contributed by atoms with Crippen LogP contribution in [0.25, 0.3) is 5.82 Å². The Morgan fingerprint density at radius 3 is 2.86 bits per heavy atom. The van der Waals surface area contributed by atoms with Crippen molar-refractivity contribution in [3.05, 3.63) is 35.8 Å². The van der Waals surface area contributed by atoms with E-state index in [4.69, 9.17) is 11.6 Å². The molecule has 2 heterocycles. The zero-order valence-corrected chi connectivity index (χ0v) is 9.50. The zero-order chi connectivity index (χ0) is 9.26. The second-order valence-corrected chi connectivity index (χ2v) is 2.88. The SMILES string of the molecule is Cc1cn(-c2c[c-]nc(Cl)n2)cn1.[V+2]. The number of hydrogen-bond donors (Lipinski definition) is 0. The van der Waals surface area contributed by atoms with Crippen molar-refractivity contribution in [2.75, 3.05) is 0 Å². The van der Waals surface area contributed by atoms with Gasteiger partial charge in [0.15, 0.2) is 0 Å². The Labute approximate surface area is 98.2 Å². The largest absolute Gasteiger partial charge is 2.00 e. The van der Waals surface area contributed by atoms with Gasteiger partial charge in [0.05, 0.1) is 12.0 Å². The first-order chi connectivity index (χ1) is 6.25. The van der Waals surface area contributed by atoms with Gasteiger partial charge >= 0.3 is 18.6 Å². The molecule has 2 rings (SSSR count). The quantitative estimate of drug-likeness (QED) is 0.563. The Hall–Kier alpha value is -0.836. The summed E-state index contributed by atoms with van der Waals surface area (Å²) in [6.45, 7) is 1.91. The summed E-state index contributed by atoms with van der Waals surface area (Å²) in [5, 5.41) is 0.184. The molecule has 2 aromatic heterocycles. The topological polar surface area (TPSA) is 43.6 Å². The van der Waals surface area contributed by atoms with Crippen LogP contribution in [0.3, 0.4) is 0 Å². The number of hydrogen-bond acceptors (Lipinski definition) is 3. The van der Waals surface area contributed by atoms with E-state index in [1.807, 2.05) is 13.1 Å². The number of imidazole rings is 1. The zero-order valence-electron chi connectivity index (χ0n) is 7.35. The predicted octanol–water partition coefficient (Wildman–Crippen LogP) is 1.42. The van der Waals surface area contributed by atoms with Gasteiger partial charge in [-0.25, -0.2) is 4.98 Å². The Morgan fingerprint density at radius 1 is 1.50 bits per heavy atom. The molecule has 0 aromatic carbocycles. The van der Waals surface area contributed by atoms with Crippen LogP contribution >= 0.6 is 11.6 Å². The third-order valence-electron chi connectivity index (χ3n) is 1.53. The maximum absolute atomic E-state index is 5.61. The van der Waals surface area contributed by atoms with Gasteiger partial charge < -0.3 is 14.5 Å². The average molecular weight is 245 g/mol. The fourth-order valence-corrected chi connectivity index (χ4v) is 1.11. The summed E-state index contributed by atoms with van der Waals surface area (Å²) in [6, 6.07) is 1.65. The van der Waals surface area contributed by atoms with E-state index in [-0.39, 0.29) is 23.8 Å². The van der Waals surface area contributed by atoms with Crippen molar-refractivity contribution in [1.82, 2.24) is 19.5 Å². The second-order valence-electron chi connectivity index (χ2n) is 2.55. The van der Waals surface area contributed by atoms with Crippen molar-refractivity contribution in [3.63, 3.8) is 0 Å². The van der Waals surface area contributed by atoms with Crippen molar-refractivity contribution in [3.8, 4) is 5.82 Å². The van der Waals surface area contributed by atoms with E-state index in [1.165, 1.54) is 0 Å². The molecule has 0 amide bonds. The van der Waals surface area contributed by atoms with Gasteiger partial charge in [-0.15, -0.1) is 17.7 Å². The van der Waals surface area contributed by atoms with E-state index in [0.29, 0.717) is 5.82 Å². The number of aromatic nitrogens is 4. The minimum atomic E-state index is 0. The van der Waals surface area contributed by atoms with Gasteiger partial charge in [-0.05, 0) is 6.92 Å². The number of aryl methyl sites for hydroxylation is 1. The molecule has 6 heteroatoms. The molecule has 4 nitrogen and oxygen atoms in total. The Kier molecular flexibility index (Phi) is 3.69. The van der Waals surface area contributed by atoms with Crippen LogP contribution in [0.1, 0.15) is 5.69 Å². The summed E-state index contributed by atoms with van der Waals surface area (Å²) in [5.74, 6) is 0.667. The van der Waals surface area contributed by atoms with Gasteiger partial charge in [-0.1, -0.05) is 6.20 Å². The molecular weight excluding hydrogens is 239 g/mol. The maximum Gasteiger partial charge on any atom is 2.00 e. The molecule has 69 valence electrons. The third kappa shape index (κ3) is 2.35. The summed E-state index contributed by atoms with van der Waals surface area (Å²) >= 11 is 5.61. The minimum Gasteiger partial charge on any atom is -0.359 e. The molecule has 0 N–H and O–H groups in total. The molecule has 0 bridgehead atoms. The van der Waals surface area contributed by atoms with Crippen molar-refractivity contribution in [2.45, 2.75) is 6.92 Å². The molecular formula is C8H6ClN4V+. The summed E-state index contributed by atoms with van der Waals surface area (Å²) in [7, 11) is 0. The van der Waals surface area contributed by atoms with Gasteiger partial charge in [-0.2, -0.15) is 0 Å². The monoisotopic (exact) mass is 244 g/mol. The van der Waals surface area contributed by atoms with Crippen LogP contribution in [-0.4, -0.2) is 19.5 Å². The van der Waals surface area contributed by atoms with Crippen LogP contribution in [0.4, 0.5) is 0 Å². The van der Waals surface area contributed by atoms with Crippen LogP contribution in [0.2, 0.25) is 5.28 Å². The molecule has 0 spiro atoms. The molecule has 0 aliphatic carbocycles. The number of rotatable bonds is 1. The summed E-state index contributed by atoms with van der Waals surface area (Å²) in [5.41, 5.74) is 0.926. The first-order valence-electron chi connectivity index (χ1n) is 3.67. The summed E-state index contributed by atoms with van der Waals surface area (Å²) in [4.78, 5) is 11.7. The van der Waals surface area contributed by atoms with Crippen LogP contribution in [0.15, 0.2) is 18.6 Å². The Balaban J connectivity index is 0.000000980. The smallest absolute Gasteiger partial charge is 0.359 e. The van der Waals surface area contributed by atoms with Crippen molar-refractivity contribution in [1.29, 1.82) is 0 Å². The third-order valence-corrected chi connectivity index (χ3v) is 1.70. The fraction of sp³-hybridized carbons (Fsp3) is 0.125. The standard InChI is InChI=1S/C8H6ClN4.V/c1-6-4-13(5-11-6)7-2-3-10-8(9)12-7;/h2,4-5H,1H3;/q-1;+2. The first kappa shape index (κ1) is 11.2. The molecule has 0 aliphatic rings. The van der Waals surface area contributed by atoms with Crippen molar-refractivity contribution < 1.29 is 18.6 Å². The minimum absolute atomic E-state index is 0. The van der Waals surface area contributed by atoms with Gasteiger partial charge in [0.2, 0.25) is 0 Å². The van der Waals surface area contributed by atoms with Crippen LogP contribution in [0.5, 0.6) is 0 Å². The number of nitrogens with zero attached hydrogens (tertiary/aromatic N) is 4. The van der Waals surface area contributed by atoms with E-state index < -0.39 is 0 Å². The van der Waals surface area contributed by atoms with Gasteiger partial charge in [0.1, 0.15) is 5.28 Å². The summed E-state index contributed by atoms with van der Waals surface area (Å²) in [6.07, 6.45) is 6.17. The normalized spacial score (nSPS) is 9.57. The van der Waals surface area contributed by atoms with Gasteiger partial charge in [-0.3, -0.25) is 0 Å². The fourth-order valence-electron chi connectivity index (χ4n) is 0.974. The molecule has 1 radical (unpaired) electrons. The Morgan fingerprint density at radius 2 is 2.29 bits per heavy atom. The maximum atomic E-state index is 5.61. The van der Waals surface area contributed by atoms with E-state index in [1.54, 1.807) is 17.0 Å². The molecule has 14 heavy (non-hydrogen) atoms. The summed E-state index contributed by atoms with van der Waals surface area (Å²) < 4.78 is 1.76. The molecule has 0 saturated heterocycles. The second kappa shape index (κ2) is 4.60. The number of halogens is 1. The molecule has 0 unspecified atom stereocenters. The van der Waals surface area contributed by atoms with E-state index >= 15 is 0 Å². The van der Waals surface area contributed by atoms with Crippen molar-refractivity contribution in [2.24, 2.45) is 0 Å². The van der Waals surface area contributed by atoms with Crippen LogP contribution < -0.4 is 0 Å². The average Bonchev–Trinajstić information content (AvgIpc) is 2.52. The van der Waals surface area contributed by atoms with Crippen LogP contribution in [0, 0.1) is 13.1 Å². The van der Waals surface area contributed by atoms with Crippen molar-refractivity contribution >= 4 is 11.6 Å².